The third-order valence-corrected chi connectivity index (χ3v) is 4.23. The van der Waals surface area contributed by atoms with Gasteiger partial charge in [0.05, 0.1) is 12.2 Å². The molecule has 0 spiro atoms. The van der Waals surface area contributed by atoms with Crippen LogP contribution < -0.4 is 0 Å². The van der Waals surface area contributed by atoms with Crippen molar-refractivity contribution in [2.24, 2.45) is 5.92 Å². The molecule has 0 aromatic heterocycles. The van der Waals surface area contributed by atoms with Gasteiger partial charge in [0.15, 0.2) is 0 Å². The Bertz CT molecular complexity index is 153. The van der Waals surface area contributed by atoms with E-state index >= 15 is 0 Å². The Hall–Kier alpha value is 0.440. The molecule has 0 amide bonds. The van der Waals surface area contributed by atoms with Gasteiger partial charge in [0.2, 0.25) is 0 Å². The summed E-state index contributed by atoms with van der Waals surface area (Å²) in [5, 5.41) is 0. The second-order valence-corrected chi connectivity index (χ2v) is 5.95. The highest BCUT2D eigenvalue weighted by molar-refractivity contribution is 9.09. The SMILES string of the molecule is CC1CCC(CC2CCC(Br)C2)O1. The van der Waals surface area contributed by atoms with Crippen molar-refractivity contribution in [2.45, 2.75) is 62.5 Å². The van der Waals surface area contributed by atoms with Crippen LogP contribution in [0.2, 0.25) is 0 Å². The maximum atomic E-state index is 5.84. The molecular weight excluding hydrogens is 228 g/mol. The second kappa shape index (κ2) is 4.31. The minimum absolute atomic E-state index is 0.520. The van der Waals surface area contributed by atoms with Crippen molar-refractivity contribution in [2.75, 3.05) is 0 Å². The molecule has 0 radical (unpaired) electrons. The lowest BCUT2D eigenvalue weighted by atomic mass is 9.98. The summed E-state index contributed by atoms with van der Waals surface area (Å²) in [5.41, 5.74) is 0. The average molecular weight is 247 g/mol. The van der Waals surface area contributed by atoms with Crippen LogP contribution in [-0.4, -0.2) is 17.0 Å². The molecule has 1 aliphatic carbocycles. The number of hydrogen-bond acceptors (Lipinski definition) is 1. The number of ether oxygens (including phenoxy) is 1. The zero-order chi connectivity index (χ0) is 9.26. The van der Waals surface area contributed by atoms with Gasteiger partial charge < -0.3 is 4.74 Å². The highest BCUT2D eigenvalue weighted by atomic mass is 79.9. The molecule has 0 bridgehead atoms. The van der Waals surface area contributed by atoms with E-state index < -0.39 is 0 Å². The molecule has 0 aromatic rings. The topological polar surface area (TPSA) is 9.23 Å². The second-order valence-electron chi connectivity index (χ2n) is 4.66. The first-order chi connectivity index (χ1) is 6.24. The molecule has 76 valence electrons. The lowest BCUT2D eigenvalue weighted by Crippen LogP contribution is -2.12. The Balaban J connectivity index is 1.72. The van der Waals surface area contributed by atoms with Crippen molar-refractivity contribution in [1.82, 2.24) is 0 Å². The summed E-state index contributed by atoms with van der Waals surface area (Å²) >= 11 is 3.70. The van der Waals surface area contributed by atoms with E-state index in [1.54, 1.807) is 0 Å². The van der Waals surface area contributed by atoms with Gasteiger partial charge >= 0.3 is 0 Å². The standard InChI is InChI=1S/C11H19BrO/c1-8-2-5-11(13-8)7-9-3-4-10(12)6-9/h8-11H,2-7H2,1H3. The van der Waals surface area contributed by atoms with E-state index in [0.717, 1.165) is 10.7 Å². The molecule has 2 fully saturated rings. The molecule has 2 aliphatic rings. The van der Waals surface area contributed by atoms with Crippen molar-refractivity contribution in [3.63, 3.8) is 0 Å². The normalized spacial score (nSPS) is 45.7. The molecule has 4 unspecified atom stereocenters. The van der Waals surface area contributed by atoms with Crippen LogP contribution in [0.5, 0.6) is 0 Å². The number of halogens is 1. The van der Waals surface area contributed by atoms with Gasteiger partial charge in [0.25, 0.3) is 0 Å². The molecule has 4 atom stereocenters. The monoisotopic (exact) mass is 246 g/mol. The molecule has 13 heavy (non-hydrogen) atoms. The fourth-order valence-electron chi connectivity index (χ4n) is 2.66. The van der Waals surface area contributed by atoms with Crippen LogP contribution in [0.3, 0.4) is 0 Å². The van der Waals surface area contributed by atoms with E-state index in [0.29, 0.717) is 12.2 Å². The van der Waals surface area contributed by atoms with Gasteiger partial charge in [-0.2, -0.15) is 0 Å². The van der Waals surface area contributed by atoms with E-state index in [9.17, 15) is 0 Å². The lowest BCUT2D eigenvalue weighted by Gasteiger charge is -2.15. The van der Waals surface area contributed by atoms with E-state index in [-0.39, 0.29) is 0 Å². The third kappa shape index (κ3) is 2.69. The molecule has 2 heteroatoms. The molecule has 2 rings (SSSR count). The van der Waals surface area contributed by atoms with Crippen molar-refractivity contribution in [3.8, 4) is 0 Å². The van der Waals surface area contributed by atoms with Crippen molar-refractivity contribution < 1.29 is 4.74 Å². The van der Waals surface area contributed by atoms with Crippen LogP contribution >= 0.6 is 15.9 Å². The van der Waals surface area contributed by atoms with Crippen molar-refractivity contribution >= 4 is 15.9 Å². The Labute approximate surface area is 89.4 Å². The quantitative estimate of drug-likeness (QED) is 0.678. The minimum Gasteiger partial charge on any atom is -0.375 e. The number of hydrogen-bond donors (Lipinski definition) is 0. The van der Waals surface area contributed by atoms with Gasteiger partial charge in [-0.1, -0.05) is 15.9 Å². The Kier molecular flexibility index (Phi) is 3.31. The minimum atomic E-state index is 0.520. The zero-order valence-electron chi connectivity index (χ0n) is 8.34. The summed E-state index contributed by atoms with van der Waals surface area (Å²) in [6.07, 6.45) is 9.13. The third-order valence-electron chi connectivity index (χ3n) is 3.39. The molecule has 0 N–H and O–H groups in total. The smallest absolute Gasteiger partial charge is 0.0582 e. The van der Waals surface area contributed by atoms with Crippen molar-refractivity contribution in [3.05, 3.63) is 0 Å². The first kappa shape index (κ1) is 9.97. The summed E-state index contributed by atoms with van der Waals surface area (Å²) < 4.78 is 5.84. The molecule has 1 nitrogen and oxygen atoms in total. The summed E-state index contributed by atoms with van der Waals surface area (Å²) in [4.78, 5) is 0.788. The summed E-state index contributed by atoms with van der Waals surface area (Å²) in [7, 11) is 0. The first-order valence-electron chi connectivity index (χ1n) is 5.53. The van der Waals surface area contributed by atoms with Gasteiger partial charge in [0, 0.05) is 4.83 Å². The summed E-state index contributed by atoms with van der Waals surface area (Å²) in [6, 6.07) is 0. The molecule has 1 saturated heterocycles. The highest BCUT2D eigenvalue weighted by Gasteiger charge is 2.29. The summed E-state index contributed by atoms with van der Waals surface area (Å²) in [5.74, 6) is 0.930. The largest absolute Gasteiger partial charge is 0.375 e. The molecular formula is C11H19BrO. The maximum absolute atomic E-state index is 5.84. The Morgan fingerprint density at radius 3 is 2.62 bits per heavy atom. The maximum Gasteiger partial charge on any atom is 0.0582 e. The zero-order valence-corrected chi connectivity index (χ0v) is 9.92. The van der Waals surface area contributed by atoms with Crippen LogP contribution in [0.4, 0.5) is 0 Å². The van der Waals surface area contributed by atoms with Crippen LogP contribution in [0, 0.1) is 5.92 Å². The highest BCUT2D eigenvalue weighted by Crippen LogP contribution is 2.36. The molecule has 1 heterocycles. The fraction of sp³-hybridized carbons (Fsp3) is 1.00. The average Bonchev–Trinajstić information content (AvgIpc) is 2.62. The molecule has 1 saturated carbocycles. The predicted molar refractivity (Wildman–Crippen MR) is 58.2 cm³/mol. The van der Waals surface area contributed by atoms with Crippen LogP contribution in [0.15, 0.2) is 0 Å². The number of alkyl halides is 1. The number of rotatable bonds is 2. The van der Waals surface area contributed by atoms with E-state index in [2.05, 4.69) is 22.9 Å². The van der Waals surface area contributed by atoms with E-state index in [1.807, 2.05) is 0 Å². The van der Waals surface area contributed by atoms with Crippen LogP contribution in [0.25, 0.3) is 0 Å². The summed E-state index contributed by atoms with van der Waals surface area (Å²) in [6.45, 7) is 2.20. The predicted octanol–water partition coefficient (Wildman–Crippen LogP) is 3.51. The Morgan fingerprint density at radius 2 is 2.08 bits per heavy atom. The lowest BCUT2D eigenvalue weighted by molar-refractivity contribution is 0.0414. The van der Waals surface area contributed by atoms with Gasteiger partial charge in [0.1, 0.15) is 0 Å². The van der Waals surface area contributed by atoms with Gasteiger partial charge in [-0.25, -0.2) is 0 Å². The fourth-order valence-corrected chi connectivity index (χ4v) is 3.45. The van der Waals surface area contributed by atoms with E-state index in [1.165, 1.54) is 38.5 Å². The van der Waals surface area contributed by atoms with Crippen molar-refractivity contribution in [1.29, 1.82) is 0 Å². The molecule has 0 aromatic carbocycles. The van der Waals surface area contributed by atoms with E-state index in [4.69, 9.17) is 4.74 Å². The Morgan fingerprint density at radius 1 is 1.23 bits per heavy atom. The molecule has 1 aliphatic heterocycles. The van der Waals surface area contributed by atoms with Gasteiger partial charge in [-0.05, 0) is 51.4 Å². The van der Waals surface area contributed by atoms with Crippen LogP contribution in [0.1, 0.15) is 45.4 Å². The van der Waals surface area contributed by atoms with Gasteiger partial charge in [-0.3, -0.25) is 0 Å². The van der Waals surface area contributed by atoms with Gasteiger partial charge in [-0.15, -0.1) is 0 Å². The van der Waals surface area contributed by atoms with Crippen LogP contribution in [-0.2, 0) is 4.74 Å². The first-order valence-corrected chi connectivity index (χ1v) is 6.45.